The number of amides is 1. The maximum atomic E-state index is 13.1. The van der Waals surface area contributed by atoms with Crippen molar-refractivity contribution in [1.82, 2.24) is 9.47 Å². The molecule has 1 heterocycles. The van der Waals surface area contributed by atoms with E-state index in [0.29, 0.717) is 6.54 Å². The lowest BCUT2D eigenvalue weighted by Gasteiger charge is -2.24. The van der Waals surface area contributed by atoms with Crippen LogP contribution in [-0.4, -0.2) is 35.6 Å². The zero-order chi connectivity index (χ0) is 21.6. The molecule has 0 spiro atoms. The van der Waals surface area contributed by atoms with Gasteiger partial charge in [-0.25, -0.2) is 0 Å². The second kappa shape index (κ2) is 9.63. The molecule has 0 saturated carbocycles. The fourth-order valence-electron chi connectivity index (χ4n) is 3.19. The average Bonchev–Trinajstić information content (AvgIpc) is 3.17. The van der Waals surface area contributed by atoms with Crippen LogP contribution in [0.2, 0.25) is 0 Å². The molecule has 0 aliphatic carbocycles. The van der Waals surface area contributed by atoms with Crippen LogP contribution in [0.5, 0.6) is 0 Å². The number of ether oxygens (including phenoxy) is 1. The van der Waals surface area contributed by atoms with Crippen molar-refractivity contribution >= 4 is 5.91 Å². The molecular weight excluding hydrogens is 393 g/mol. The molecule has 158 valence electrons. The molecule has 0 atom stereocenters. The van der Waals surface area contributed by atoms with Gasteiger partial charge in [0.25, 0.3) is 5.91 Å². The smallest absolute Gasteiger partial charge is 0.383 e. The molecule has 7 heteroatoms. The summed E-state index contributed by atoms with van der Waals surface area (Å²) in [5, 5.41) is 0. The standard InChI is InChI=1S/C23H23F3N2O2/c1-30-14-13-28(22(29)19-9-5-10-20(15-19)23(24,25)26)17-21-11-6-12-27(21)16-18-7-3-2-4-8-18/h2-12,15H,13-14,16-17H2,1H3. The van der Waals surface area contributed by atoms with Crippen molar-refractivity contribution in [2.45, 2.75) is 19.3 Å². The van der Waals surface area contributed by atoms with Crippen LogP contribution in [0.3, 0.4) is 0 Å². The fraction of sp³-hybridized carbons (Fsp3) is 0.261. The molecule has 0 unspecified atom stereocenters. The molecule has 30 heavy (non-hydrogen) atoms. The van der Waals surface area contributed by atoms with Crippen LogP contribution in [0.4, 0.5) is 13.2 Å². The van der Waals surface area contributed by atoms with Gasteiger partial charge in [0.05, 0.1) is 18.7 Å². The minimum atomic E-state index is -4.50. The number of hydrogen-bond donors (Lipinski definition) is 0. The molecule has 0 aliphatic rings. The molecule has 3 aromatic rings. The third kappa shape index (κ3) is 5.51. The molecule has 0 radical (unpaired) electrons. The number of carbonyl (C=O) groups is 1. The first-order valence-corrected chi connectivity index (χ1v) is 9.52. The summed E-state index contributed by atoms with van der Waals surface area (Å²) in [4.78, 5) is 14.5. The summed E-state index contributed by atoms with van der Waals surface area (Å²) in [5.74, 6) is -0.467. The van der Waals surface area contributed by atoms with Crippen LogP contribution < -0.4 is 0 Å². The fourth-order valence-corrected chi connectivity index (χ4v) is 3.19. The third-order valence-electron chi connectivity index (χ3n) is 4.76. The molecular formula is C23H23F3N2O2. The van der Waals surface area contributed by atoms with Crippen LogP contribution in [0, 0.1) is 0 Å². The highest BCUT2D eigenvalue weighted by Gasteiger charge is 2.31. The molecule has 0 aliphatic heterocycles. The van der Waals surface area contributed by atoms with Crippen LogP contribution in [0.25, 0.3) is 0 Å². The third-order valence-corrected chi connectivity index (χ3v) is 4.76. The summed E-state index contributed by atoms with van der Waals surface area (Å²) in [6.45, 7) is 1.45. The minimum Gasteiger partial charge on any atom is -0.383 e. The topological polar surface area (TPSA) is 34.5 Å². The van der Waals surface area contributed by atoms with Gasteiger partial charge in [-0.3, -0.25) is 4.79 Å². The first-order valence-electron chi connectivity index (χ1n) is 9.52. The molecule has 0 N–H and O–H groups in total. The average molecular weight is 416 g/mol. The van der Waals surface area contributed by atoms with E-state index in [9.17, 15) is 18.0 Å². The Morgan fingerprint density at radius 2 is 1.80 bits per heavy atom. The molecule has 1 amide bonds. The summed E-state index contributed by atoms with van der Waals surface area (Å²) < 4.78 is 46.3. The molecule has 0 fully saturated rings. The highest BCUT2D eigenvalue weighted by atomic mass is 19.4. The van der Waals surface area contributed by atoms with E-state index < -0.39 is 17.6 Å². The van der Waals surface area contributed by atoms with Gasteiger partial charge in [0, 0.05) is 37.7 Å². The van der Waals surface area contributed by atoms with E-state index in [-0.39, 0.29) is 25.3 Å². The second-order valence-corrected chi connectivity index (χ2v) is 6.91. The number of nitrogens with zero attached hydrogens (tertiary/aromatic N) is 2. The Morgan fingerprint density at radius 3 is 2.50 bits per heavy atom. The van der Waals surface area contributed by atoms with Crippen LogP contribution in [0.1, 0.15) is 27.2 Å². The Balaban J connectivity index is 1.82. The Kier molecular flexibility index (Phi) is 6.95. The Labute approximate surface area is 173 Å². The van der Waals surface area contributed by atoms with Gasteiger partial charge in [0.2, 0.25) is 0 Å². The number of hydrogen-bond acceptors (Lipinski definition) is 2. The van der Waals surface area contributed by atoms with Gasteiger partial charge in [0.15, 0.2) is 0 Å². The minimum absolute atomic E-state index is 0.00194. The zero-order valence-electron chi connectivity index (χ0n) is 16.6. The first-order chi connectivity index (χ1) is 14.4. The van der Waals surface area contributed by atoms with Gasteiger partial charge in [-0.1, -0.05) is 36.4 Å². The van der Waals surface area contributed by atoms with Crippen molar-refractivity contribution in [2.75, 3.05) is 20.3 Å². The number of benzene rings is 2. The summed E-state index contributed by atoms with van der Waals surface area (Å²) in [6.07, 6.45) is -2.58. The SMILES string of the molecule is COCCN(Cc1cccn1Cc1ccccc1)C(=O)c1cccc(C(F)(F)F)c1. The van der Waals surface area contributed by atoms with Crippen molar-refractivity contribution in [2.24, 2.45) is 0 Å². The molecule has 4 nitrogen and oxygen atoms in total. The van der Waals surface area contributed by atoms with Gasteiger partial charge in [-0.2, -0.15) is 13.2 Å². The van der Waals surface area contributed by atoms with Crippen molar-refractivity contribution in [1.29, 1.82) is 0 Å². The van der Waals surface area contributed by atoms with Crippen molar-refractivity contribution in [3.05, 3.63) is 95.3 Å². The molecule has 1 aromatic heterocycles. The number of alkyl halides is 3. The lowest BCUT2D eigenvalue weighted by molar-refractivity contribution is -0.137. The van der Waals surface area contributed by atoms with Crippen molar-refractivity contribution in [3.8, 4) is 0 Å². The predicted molar refractivity (Wildman–Crippen MR) is 108 cm³/mol. The first kappa shape index (κ1) is 21.6. The van der Waals surface area contributed by atoms with E-state index >= 15 is 0 Å². The van der Waals surface area contributed by atoms with Gasteiger partial charge >= 0.3 is 6.18 Å². The maximum absolute atomic E-state index is 13.1. The number of rotatable bonds is 8. The lowest BCUT2D eigenvalue weighted by atomic mass is 10.1. The van der Waals surface area contributed by atoms with E-state index in [2.05, 4.69) is 0 Å². The quantitative estimate of drug-likeness (QED) is 0.527. The van der Waals surface area contributed by atoms with Crippen molar-refractivity contribution < 1.29 is 22.7 Å². The van der Waals surface area contributed by atoms with E-state index in [0.717, 1.165) is 23.4 Å². The summed E-state index contributed by atoms with van der Waals surface area (Å²) in [5.41, 5.74) is 1.16. The summed E-state index contributed by atoms with van der Waals surface area (Å²) in [6, 6.07) is 18.2. The number of halogens is 3. The maximum Gasteiger partial charge on any atom is 0.416 e. The van der Waals surface area contributed by atoms with Crippen LogP contribution in [0.15, 0.2) is 72.9 Å². The highest BCUT2D eigenvalue weighted by molar-refractivity contribution is 5.94. The number of carbonyl (C=O) groups excluding carboxylic acids is 1. The molecule has 3 rings (SSSR count). The largest absolute Gasteiger partial charge is 0.416 e. The highest BCUT2D eigenvalue weighted by Crippen LogP contribution is 2.30. The number of aromatic nitrogens is 1. The number of methoxy groups -OCH3 is 1. The van der Waals surface area contributed by atoms with Crippen LogP contribution >= 0.6 is 0 Å². The monoisotopic (exact) mass is 416 g/mol. The molecule has 0 bridgehead atoms. The summed E-state index contributed by atoms with van der Waals surface area (Å²) >= 11 is 0. The van der Waals surface area contributed by atoms with Crippen molar-refractivity contribution in [3.63, 3.8) is 0 Å². The van der Waals surface area contributed by atoms with Gasteiger partial charge < -0.3 is 14.2 Å². The van der Waals surface area contributed by atoms with Crippen LogP contribution in [-0.2, 0) is 24.0 Å². The summed E-state index contributed by atoms with van der Waals surface area (Å²) in [7, 11) is 1.52. The van der Waals surface area contributed by atoms with Gasteiger partial charge in [0.1, 0.15) is 0 Å². The normalized spacial score (nSPS) is 11.5. The lowest BCUT2D eigenvalue weighted by Crippen LogP contribution is -2.34. The van der Waals surface area contributed by atoms with Gasteiger partial charge in [-0.15, -0.1) is 0 Å². The Morgan fingerprint density at radius 1 is 1.03 bits per heavy atom. The van der Waals surface area contributed by atoms with E-state index in [1.165, 1.54) is 24.1 Å². The predicted octanol–water partition coefficient (Wildman–Crippen LogP) is 4.84. The van der Waals surface area contributed by atoms with Gasteiger partial charge in [-0.05, 0) is 35.9 Å². The van der Waals surface area contributed by atoms with E-state index in [1.807, 2.05) is 53.2 Å². The van der Waals surface area contributed by atoms with E-state index in [4.69, 9.17) is 4.74 Å². The van der Waals surface area contributed by atoms with E-state index in [1.54, 1.807) is 0 Å². The Hall–Kier alpha value is -3.06. The molecule has 2 aromatic carbocycles. The second-order valence-electron chi connectivity index (χ2n) is 6.91. The zero-order valence-corrected chi connectivity index (χ0v) is 16.6. The Bertz CT molecular complexity index is 968. The molecule has 0 saturated heterocycles.